The van der Waals surface area contributed by atoms with E-state index in [0.717, 1.165) is 37.6 Å². The second kappa shape index (κ2) is 9.30. The lowest BCUT2D eigenvalue weighted by molar-refractivity contribution is -0.384. The molecule has 9 heteroatoms. The van der Waals surface area contributed by atoms with Gasteiger partial charge in [-0.25, -0.2) is 4.98 Å². The van der Waals surface area contributed by atoms with Crippen LogP contribution in [0.4, 0.5) is 17.5 Å². The van der Waals surface area contributed by atoms with Gasteiger partial charge in [-0.1, -0.05) is 18.2 Å². The van der Waals surface area contributed by atoms with Gasteiger partial charge < -0.3 is 15.6 Å². The Morgan fingerprint density at radius 3 is 2.80 bits per heavy atom. The van der Waals surface area contributed by atoms with Gasteiger partial charge in [0.15, 0.2) is 0 Å². The number of rotatable bonds is 8. The number of benzene rings is 1. The number of nitro groups is 1. The van der Waals surface area contributed by atoms with Crippen LogP contribution in [0, 0.1) is 16.0 Å². The molecule has 0 spiro atoms. The summed E-state index contributed by atoms with van der Waals surface area (Å²) in [5.41, 5.74) is 2.20. The molecule has 30 heavy (non-hydrogen) atoms. The highest BCUT2D eigenvalue weighted by molar-refractivity contribution is 6.20. The molecule has 1 fully saturated rings. The van der Waals surface area contributed by atoms with Crippen molar-refractivity contribution in [2.45, 2.75) is 37.5 Å². The minimum absolute atomic E-state index is 0.108. The van der Waals surface area contributed by atoms with Gasteiger partial charge in [0, 0.05) is 35.6 Å². The summed E-state index contributed by atoms with van der Waals surface area (Å²) in [6, 6.07) is 8.15. The molecule has 2 heterocycles. The van der Waals surface area contributed by atoms with Crippen molar-refractivity contribution in [2.75, 3.05) is 23.7 Å². The van der Waals surface area contributed by atoms with Gasteiger partial charge in [0.05, 0.1) is 4.92 Å². The van der Waals surface area contributed by atoms with Gasteiger partial charge in [-0.2, -0.15) is 4.98 Å². The first-order chi connectivity index (χ1) is 14.6. The molecule has 2 aromatic heterocycles. The van der Waals surface area contributed by atoms with Crippen molar-refractivity contribution < 1.29 is 4.92 Å². The molecule has 3 N–H and O–H groups in total. The van der Waals surface area contributed by atoms with Crippen LogP contribution in [-0.4, -0.2) is 38.3 Å². The van der Waals surface area contributed by atoms with E-state index in [1.54, 1.807) is 0 Å². The molecule has 0 bridgehead atoms. The number of hydrogen-bond donors (Lipinski definition) is 3. The first-order valence-corrected chi connectivity index (χ1v) is 10.7. The van der Waals surface area contributed by atoms with Crippen molar-refractivity contribution in [2.24, 2.45) is 5.92 Å². The summed E-state index contributed by atoms with van der Waals surface area (Å²) < 4.78 is 0. The lowest BCUT2D eigenvalue weighted by Crippen LogP contribution is -2.22. The van der Waals surface area contributed by atoms with E-state index < -0.39 is 4.92 Å². The van der Waals surface area contributed by atoms with Crippen molar-refractivity contribution in [1.29, 1.82) is 0 Å². The minimum atomic E-state index is -0.451. The minimum Gasteiger partial charge on any atom is -0.364 e. The number of hydrogen-bond acceptors (Lipinski definition) is 6. The van der Waals surface area contributed by atoms with E-state index in [2.05, 4.69) is 31.7 Å². The number of aromatic amines is 1. The fourth-order valence-electron chi connectivity index (χ4n) is 3.94. The molecule has 0 atom stereocenters. The molecule has 4 rings (SSSR count). The Morgan fingerprint density at radius 2 is 2.00 bits per heavy atom. The standard InChI is InChI=1S/C21H25ClN6O2/c22-16-7-5-14(6-8-16)11-25-20-19(28(29)30)13-26-21(27-20)23-10-9-15-12-24-18-4-2-1-3-17(15)18/h1-4,12-14,16,24H,5-11H2,(H2,23,25,26,27). The molecule has 3 aromatic rings. The zero-order chi connectivity index (χ0) is 20.9. The van der Waals surface area contributed by atoms with Crippen molar-refractivity contribution >= 4 is 40.0 Å². The number of nitrogens with zero attached hydrogens (tertiary/aromatic N) is 3. The van der Waals surface area contributed by atoms with Crippen LogP contribution < -0.4 is 10.6 Å². The number of fused-ring (bicyclic) bond motifs is 1. The number of nitrogens with one attached hydrogen (secondary N) is 3. The number of para-hydroxylation sites is 1. The van der Waals surface area contributed by atoms with E-state index in [4.69, 9.17) is 11.6 Å². The van der Waals surface area contributed by atoms with Crippen LogP contribution in [0.1, 0.15) is 31.2 Å². The molecule has 0 unspecified atom stereocenters. The molecule has 0 amide bonds. The number of alkyl halides is 1. The van der Waals surface area contributed by atoms with Crippen LogP contribution >= 0.6 is 11.6 Å². The summed E-state index contributed by atoms with van der Waals surface area (Å²) in [5.74, 6) is 1.10. The number of H-pyrrole nitrogens is 1. The van der Waals surface area contributed by atoms with Gasteiger partial charge in [0.25, 0.3) is 0 Å². The van der Waals surface area contributed by atoms with Crippen LogP contribution in [0.3, 0.4) is 0 Å². The quantitative estimate of drug-likeness (QED) is 0.272. The van der Waals surface area contributed by atoms with Crippen molar-refractivity contribution in [3.8, 4) is 0 Å². The summed E-state index contributed by atoms with van der Waals surface area (Å²) >= 11 is 6.16. The summed E-state index contributed by atoms with van der Waals surface area (Å²) in [7, 11) is 0. The summed E-state index contributed by atoms with van der Waals surface area (Å²) in [6.45, 7) is 1.27. The highest BCUT2D eigenvalue weighted by atomic mass is 35.5. The molecule has 0 aliphatic heterocycles. The van der Waals surface area contributed by atoms with E-state index in [9.17, 15) is 10.1 Å². The highest BCUT2D eigenvalue weighted by Gasteiger charge is 2.22. The Labute approximate surface area is 179 Å². The Kier molecular flexibility index (Phi) is 6.32. The van der Waals surface area contributed by atoms with E-state index in [0.29, 0.717) is 25.0 Å². The van der Waals surface area contributed by atoms with Gasteiger partial charge in [-0.3, -0.25) is 10.1 Å². The molecule has 1 aromatic carbocycles. The van der Waals surface area contributed by atoms with Crippen LogP contribution in [0.2, 0.25) is 0 Å². The van der Waals surface area contributed by atoms with Crippen molar-refractivity contribution in [3.63, 3.8) is 0 Å². The monoisotopic (exact) mass is 428 g/mol. The maximum atomic E-state index is 11.4. The molecule has 8 nitrogen and oxygen atoms in total. The smallest absolute Gasteiger partial charge is 0.329 e. The molecule has 0 radical (unpaired) electrons. The molecule has 1 aliphatic carbocycles. The average Bonchev–Trinajstić information content (AvgIpc) is 3.16. The average molecular weight is 429 g/mol. The number of anilines is 2. The first-order valence-electron chi connectivity index (χ1n) is 10.3. The maximum Gasteiger partial charge on any atom is 0.329 e. The topological polar surface area (TPSA) is 109 Å². The summed E-state index contributed by atoms with van der Waals surface area (Å²) in [6.07, 6.45) is 8.08. The predicted molar refractivity (Wildman–Crippen MR) is 119 cm³/mol. The van der Waals surface area contributed by atoms with Gasteiger partial charge in [0.2, 0.25) is 11.8 Å². The van der Waals surface area contributed by atoms with Gasteiger partial charge >= 0.3 is 5.69 Å². The Hall–Kier alpha value is -2.87. The lowest BCUT2D eigenvalue weighted by Gasteiger charge is -2.25. The molecular weight excluding hydrogens is 404 g/mol. The summed E-state index contributed by atoms with van der Waals surface area (Å²) in [5, 5.41) is 19.2. The Bertz CT molecular complexity index is 1020. The normalized spacial score (nSPS) is 19.0. The molecular formula is C21H25ClN6O2. The third kappa shape index (κ3) is 4.81. The van der Waals surface area contributed by atoms with Gasteiger partial charge in [0.1, 0.15) is 6.20 Å². The second-order valence-corrected chi connectivity index (χ2v) is 8.34. The van der Waals surface area contributed by atoms with Crippen LogP contribution in [0.25, 0.3) is 10.9 Å². The van der Waals surface area contributed by atoms with Crippen molar-refractivity contribution in [1.82, 2.24) is 15.0 Å². The Balaban J connectivity index is 1.38. The zero-order valence-corrected chi connectivity index (χ0v) is 17.4. The molecule has 1 saturated carbocycles. The SMILES string of the molecule is O=[N+]([O-])c1cnc(NCCc2c[nH]c3ccccc23)nc1NCC1CCC(Cl)CC1. The number of aromatic nitrogens is 3. The van der Waals surface area contributed by atoms with Gasteiger partial charge in [-0.15, -0.1) is 11.6 Å². The van der Waals surface area contributed by atoms with Crippen LogP contribution in [0.5, 0.6) is 0 Å². The van der Waals surface area contributed by atoms with Crippen molar-refractivity contribution in [3.05, 3.63) is 52.3 Å². The Morgan fingerprint density at radius 1 is 1.20 bits per heavy atom. The van der Waals surface area contributed by atoms with Crippen LogP contribution in [-0.2, 0) is 6.42 Å². The highest BCUT2D eigenvalue weighted by Crippen LogP contribution is 2.29. The van der Waals surface area contributed by atoms with Gasteiger partial charge in [-0.05, 0) is 49.7 Å². The fourth-order valence-corrected chi connectivity index (χ4v) is 4.19. The predicted octanol–water partition coefficient (Wildman–Crippen LogP) is 4.73. The fraction of sp³-hybridized carbons (Fsp3) is 0.429. The van der Waals surface area contributed by atoms with E-state index in [-0.39, 0.29) is 16.9 Å². The third-order valence-electron chi connectivity index (χ3n) is 5.65. The lowest BCUT2D eigenvalue weighted by atomic mass is 9.89. The summed E-state index contributed by atoms with van der Waals surface area (Å²) in [4.78, 5) is 22.7. The van der Waals surface area contributed by atoms with E-state index in [1.165, 1.54) is 17.1 Å². The molecule has 158 valence electrons. The third-order valence-corrected chi connectivity index (χ3v) is 6.09. The number of halogens is 1. The second-order valence-electron chi connectivity index (χ2n) is 7.72. The van der Waals surface area contributed by atoms with E-state index in [1.807, 2.05) is 24.4 Å². The maximum absolute atomic E-state index is 11.4. The zero-order valence-electron chi connectivity index (χ0n) is 16.6. The molecule has 0 saturated heterocycles. The largest absolute Gasteiger partial charge is 0.364 e. The van der Waals surface area contributed by atoms with Crippen LogP contribution in [0.15, 0.2) is 36.7 Å². The first kappa shape index (κ1) is 20.4. The van der Waals surface area contributed by atoms with E-state index >= 15 is 0 Å². The molecule has 1 aliphatic rings.